The minimum atomic E-state index is -2.54. The first-order valence-electron chi connectivity index (χ1n) is 5.10. The maximum atomic E-state index is 12.4. The summed E-state index contributed by atoms with van der Waals surface area (Å²) in [6, 6.07) is 4.85. The first-order chi connectivity index (χ1) is 8.61. The summed E-state index contributed by atoms with van der Waals surface area (Å²) in [6.45, 7) is -0.583. The van der Waals surface area contributed by atoms with Crippen LogP contribution in [-0.2, 0) is 6.54 Å². The summed E-state index contributed by atoms with van der Waals surface area (Å²) in [5.74, 6) is 0.661. The number of tetrazole rings is 1. The fourth-order valence-corrected chi connectivity index (χ4v) is 1.55. The number of aromatic nitrogens is 4. The zero-order valence-electron chi connectivity index (χ0n) is 9.55. The van der Waals surface area contributed by atoms with Gasteiger partial charge < -0.3 is 10.5 Å². The summed E-state index contributed by atoms with van der Waals surface area (Å²) in [7, 11) is 1.47. The molecule has 2 N–H and O–H groups in total. The van der Waals surface area contributed by atoms with Gasteiger partial charge in [0.1, 0.15) is 12.3 Å². The second kappa shape index (κ2) is 4.94. The molecule has 0 saturated heterocycles. The van der Waals surface area contributed by atoms with E-state index >= 15 is 0 Å². The van der Waals surface area contributed by atoms with Gasteiger partial charge in [0.05, 0.1) is 12.7 Å². The van der Waals surface area contributed by atoms with Crippen LogP contribution in [0, 0.1) is 0 Å². The summed E-state index contributed by atoms with van der Waals surface area (Å²) in [4.78, 5) is 0. The van der Waals surface area contributed by atoms with E-state index in [9.17, 15) is 8.78 Å². The molecule has 2 rings (SSSR count). The smallest absolute Gasteiger partial charge is 0.258 e. The fraction of sp³-hybridized carbons (Fsp3) is 0.300. The van der Waals surface area contributed by atoms with Gasteiger partial charge in [0.25, 0.3) is 6.43 Å². The molecular formula is C10H11F2N5O. The molecule has 1 aromatic carbocycles. The van der Waals surface area contributed by atoms with Crippen molar-refractivity contribution >= 4 is 5.69 Å². The van der Waals surface area contributed by atoms with E-state index in [0.717, 1.165) is 4.68 Å². The molecule has 0 aliphatic rings. The Kier molecular flexibility index (Phi) is 3.35. The molecule has 1 heterocycles. The predicted molar refractivity (Wildman–Crippen MR) is 60.2 cm³/mol. The largest absolute Gasteiger partial charge is 0.496 e. The predicted octanol–water partition coefficient (Wildman–Crippen LogP) is 1.20. The minimum Gasteiger partial charge on any atom is -0.496 e. The number of hydrogen-bond acceptors (Lipinski definition) is 5. The number of benzene rings is 1. The van der Waals surface area contributed by atoms with Crippen molar-refractivity contribution in [1.82, 2.24) is 20.2 Å². The number of anilines is 1. The second-order valence-corrected chi connectivity index (χ2v) is 3.54. The number of methoxy groups -OCH3 is 1. The maximum Gasteiger partial charge on any atom is 0.258 e. The quantitative estimate of drug-likeness (QED) is 0.830. The van der Waals surface area contributed by atoms with Gasteiger partial charge in [0, 0.05) is 5.69 Å². The lowest BCUT2D eigenvalue weighted by atomic mass is 10.1. The summed E-state index contributed by atoms with van der Waals surface area (Å²) in [6.07, 6.45) is -2.54. The fourth-order valence-electron chi connectivity index (χ4n) is 1.55. The molecule has 0 aliphatic carbocycles. The molecule has 0 fully saturated rings. The van der Waals surface area contributed by atoms with E-state index < -0.39 is 13.0 Å². The van der Waals surface area contributed by atoms with Crippen molar-refractivity contribution in [1.29, 1.82) is 0 Å². The summed E-state index contributed by atoms with van der Waals surface area (Å²) < 4.78 is 30.9. The molecule has 0 bridgehead atoms. The van der Waals surface area contributed by atoms with Gasteiger partial charge in [-0.3, -0.25) is 0 Å². The number of nitrogens with zero attached hydrogens (tertiary/aromatic N) is 4. The first kappa shape index (κ1) is 12.2. The first-order valence-corrected chi connectivity index (χ1v) is 5.10. The number of hydrogen-bond donors (Lipinski definition) is 1. The Morgan fingerprint density at radius 2 is 2.22 bits per heavy atom. The van der Waals surface area contributed by atoms with Crippen LogP contribution in [0.1, 0.15) is 0 Å². The molecule has 18 heavy (non-hydrogen) atoms. The molecule has 0 aliphatic heterocycles. The van der Waals surface area contributed by atoms with Gasteiger partial charge in [-0.25, -0.2) is 13.5 Å². The third-order valence-electron chi connectivity index (χ3n) is 2.31. The number of nitrogen functional groups attached to an aromatic ring is 1. The third-order valence-corrected chi connectivity index (χ3v) is 2.31. The standard InChI is InChI=1S/C10H11F2N5O/c1-18-8-3-2-6(13)4-7(8)10-14-15-16-17(10)5-9(11)12/h2-4,9H,5,13H2,1H3. The van der Waals surface area contributed by atoms with Crippen LogP contribution in [0.2, 0.25) is 0 Å². The van der Waals surface area contributed by atoms with Gasteiger partial charge in [-0.1, -0.05) is 0 Å². The Bertz CT molecular complexity index is 543. The topological polar surface area (TPSA) is 78.8 Å². The number of ether oxygens (including phenoxy) is 1. The molecule has 0 spiro atoms. The van der Waals surface area contributed by atoms with Crippen LogP contribution in [0.5, 0.6) is 5.75 Å². The zero-order valence-corrected chi connectivity index (χ0v) is 9.55. The third kappa shape index (κ3) is 2.36. The van der Waals surface area contributed by atoms with Gasteiger partial charge in [0.15, 0.2) is 5.82 Å². The molecule has 1 aromatic heterocycles. The lowest BCUT2D eigenvalue weighted by molar-refractivity contribution is 0.121. The van der Waals surface area contributed by atoms with Gasteiger partial charge in [-0.05, 0) is 28.6 Å². The number of nitrogens with two attached hydrogens (primary N) is 1. The van der Waals surface area contributed by atoms with Gasteiger partial charge in [-0.15, -0.1) is 5.10 Å². The van der Waals surface area contributed by atoms with Crippen LogP contribution in [0.25, 0.3) is 11.4 Å². The lowest BCUT2D eigenvalue weighted by Gasteiger charge is -2.09. The van der Waals surface area contributed by atoms with Crippen LogP contribution >= 0.6 is 0 Å². The van der Waals surface area contributed by atoms with Crippen molar-refractivity contribution in [3.8, 4) is 17.1 Å². The van der Waals surface area contributed by atoms with Crippen molar-refractivity contribution in [3.63, 3.8) is 0 Å². The van der Waals surface area contributed by atoms with Crippen LogP contribution in [0.15, 0.2) is 18.2 Å². The molecular weight excluding hydrogens is 244 g/mol. The molecule has 0 unspecified atom stereocenters. The Labute approximate surface area is 101 Å². The lowest BCUT2D eigenvalue weighted by Crippen LogP contribution is -2.10. The Morgan fingerprint density at radius 3 is 2.89 bits per heavy atom. The van der Waals surface area contributed by atoms with Crippen molar-refractivity contribution in [2.45, 2.75) is 13.0 Å². The van der Waals surface area contributed by atoms with E-state index in [-0.39, 0.29) is 5.82 Å². The average Bonchev–Trinajstić information content (AvgIpc) is 2.76. The van der Waals surface area contributed by atoms with Gasteiger partial charge in [-0.2, -0.15) is 0 Å². The highest BCUT2D eigenvalue weighted by Crippen LogP contribution is 2.30. The highest BCUT2D eigenvalue weighted by atomic mass is 19.3. The normalized spacial score (nSPS) is 10.9. The number of rotatable bonds is 4. The van der Waals surface area contributed by atoms with Crippen LogP contribution in [0.3, 0.4) is 0 Å². The van der Waals surface area contributed by atoms with E-state index in [0.29, 0.717) is 17.0 Å². The van der Waals surface area contributed by atoms with E-state index in [2.05, 4.69) is 15.5 Å². The van der Waals surface area contributed by atoms with Crippen LogP contribution < -0.4 is 10.5 Å². The van der Waals surface area contributed by atoms with Gasteiger partial charge >= 0.3 is 0 Å². The van der Waals surface area contributed by atoms with Crippen molar-refractivity contribution in [2.75, 3.05) is 12.8 Å². The van der Waals surface area contributed by atoms with E-state index in [1.54, 1.807) is 18.2 Å². The maximum absolute atomic E-state index is 12.4. The molecule has 0 amide bonds. The molecule has 2 aromatic rings. The highest BCUT2D eigenvalue weighted by Gasteiger charge is 2.16. The SMILES string of the molecule is COc1ccc(N)cc1-c1nnnn1CC(F)F. The van der Waals surface area contributed by atoms with Gasteiger partial charge in [0.2, 0.25) is 0 Å². The molecule has 0 saturated carbocycles. The Balaban J connectivity index is 2.48. The number of alkyl halides is 2. The highest BCUT2D eigenvalue weighted by molar-refractivity contribution is 5.68. The number of halogens is 2. The summed E-state index contributed by atoms with van der Waals surface area (Å²) in [5.41, 5.74) is 6.60. The van der Waals surface area contributed by atoms with Crippen molar-refractivity contribution in [3.05, 3.63) is 18.2 Å². The Hall–Kier alpha value is -2.25. The molecule has 96 valence electrons. The van der Waals surface area contributed by atoms with E-state index in [1.165, 1.54) is 7.11 Å². The minimum absolute atomic E-state index is 0.194. The Morgan fingerprint density at radius 1 is 1.44 bits per heavy atom. The second-order valence-electron chi connectivity index (χ2n) is 3.54. The molecule has 0 radical (unpaired) electrons. The summed E-state index contributed by atoms with van der Waals surface area (Å²) in [5, 5.41) is 10.6. The van der Waals surface area contributed by atoms with Crippen LogP contribution in [-0.4, -0.2) is 33.7 Å². The summed E-state index contributed by atoms with van der Waals surface area (Å²) >= 11 is 0. The van der Waals surface area contributed by atoms with E-state index in [4.69, 9.17) is 10.5 Å². The zero-order chi connectivity index (χ0) is 13.1. The molecule has 6 nitrogen and oxygen atoms in total. The van der Waals surface area contributed by atoms with Crippen LogP contribution in [0.4, 0.5) is 14.5 Å². The van der Waals surface area contributed by atoms with Crippen molar-refractivity contribution < 1.29 is 13.5 Å². The monoisotopic (exact) mass is 255 g/mol. The molecule has 0 atom stereocenters. The van der Waals surface area contributed by atoms with E-state index in [1.807, 2.05) is 0 Å². The average molecular weight is 255 g/mol. The van der Waals surface area contributed by atoms with Crippen molar-refractivity contribution in [2.24, 2.45) is 0 Å². The molecule has 8 heteroatoms.